The first-order valence-corrected chi connectivity index (χ1v) is 8.80. The van der Waals surface area contributed by atoms with Crippen molar-refractivity contribution < 1.29 is 23.5 Å². The summed E-state index contributed by atoms with van der Waals surface area (Å²) in [4.78, 5) is 26.8. The maximum absolute atomic E-state index is 13.4. The minimum absolute atomic E-state index is 0.0380. The smallest absolute Gasteiger partial charge is 0.343 e. The standard InChI is InChI=1S/C22H20FNO4/c1-4-28-18-11-5-15(6-12-18)13-19-21(25)20(22(26)27-3)14(2)24(19)17-9-7-16(23)8-10-17/h5-13H,4H2,1-3H3. The van der Waals surface area contributed by atoms with Crippen LogP contribution in [0.25, 0.3) is 6.08 Å². The number of carbonyl (C=O) groups excluding carboxylic acids is 2. The molecule has 6 heteroatoms. The molecule has 0 aliphatic carbocycles. The Morgan fingerprint density at radius 2 is 1.75 bits per heavy atom. The van der Waals surface area contributed by atoms with Crippen LogP contribution >= 0.6 is 0 Å². The van der Waals surface area contributed by atoms with Crippen LogP contribution in [0.3, 0.4) is 0 Å². The van der Waals surface area contributed by atoms with Crippen LogP contribution in [-0.4, -0.2) is 25.5 Å². The van der Waals surface area contributed by atoms with Crippen LogP contribution < -0.4 is 9.64 Å². The molecule has 0 unspecified atom stereocenters. The predicted octanol–water partition coefficient (Wildman–Crippen LogP) is 4.10. The fraction of sp³-hybridized carbons (Fsp3) is 0.182. The summed E-state index contributed by atoms with van der Waals surface area (Å²) in [5, 5.41) is 0. The van der Waals surface area contributed by atoms with E-state index in [4.69, 9.17) is 9.47 Å². The first-order chi connectivity index (χ1) is 13.5. The van der Waals surface area contributed by atoms with Gasteiger partial charge in [-0.3, -0.25) is 4.79 Å². The summed E-state index contributed by atoms with van der Waals surface area (Å²) in [6, 6.07) is 13.0. The van der Waals surface area contributed by atoms with Gasteiger partial charge in [0.2, 0.25) is 5.78 Å². The normalized spacial score (nSPS) is 15.4. The number of hydrogen-bond donors (Lipinski definition) is 0. The highest BCUT2D eigenvalue weighted by atomic mass is 19.1. The van der Waals surface area contributed by atoms with Crippen LogP contribution in [0.5, 0.6) is 5.75 Å². The second-order valence-electron chi connectivity index (χ2n) is 6.12. The first kappa shape index (κ1) is 19.4. The number of ether oxygens (including phenoxy) is 2. The molecule has 0 radical (unpaired) electrons. The monoisotopic (exact) mass is 381 g/mol. The third-order valence-electron chi connectivity index (χ3n) is 4.37. The number of rotatable bonds is 5. The Morgan fingerprint density at radius 3 is 2.32 bits per heavy atom. The van der Waals surface area contributed by atoms with Crippen molar-refractivity contribution in [1.82, 2.24) is 0 Å². The summed E-state index contributed by atoms with van der Waals surface area (Å²) >= 11 is 0. The molecular formula is C22H20FNO4. The van der Waals surface area contributed by atoms with E-state index in [1.54, 1.807) is 42.2 Å². The molecule has 1 heterocycles. The molecule has 1 aliphatic rings. The van der Waals surface area contributed by atoms with E-state index in [-0.39, 0.29) is 17.1 Å². The van der Waals surface area contributed by atoms with E-state index in [2.05, 4.69) is 0 Å². The minimum Gasteiger partial charge on any atom is -0.494 e. The topological polar surface area (TPSA) is 55.8 Å². The summed E-state index contributed by atoms with van der Waals surface area (Å²) in [7, 11) is 1.23. The summed E-state index contributed by atoms with van der Waals surface area (Å²) in [5.74, 6) is -0.809. The van der Waals surface area contributed by atoms with E-state index in [9.17, 15) is 14.0 Å². The molecule has 5 nitrogen and oxygen atoms in total. The minimum atomic E-state index is -0.704. The van der Waals surface area contributed by atoms with Gasteiger partial charge in [0.05, 0.1) is 19.4 Å². The number of allylic oxidation sites excluding steroid dienone is 2. The van der Waals surface area contributed by atoms with E-state index in [1.165, 1.54) is 19.2 Å². The quantitative estimate of drug-likeness (QED) is 0.443. The van der Waals surface area contributed by atoms with E-state index in [0.717, 1.165) is 11.3 Å². The number of benzene rings is 2. The average molecular weight is 381 g/mol. The molecule has 0 aromatic heterocycles. The maximum atomic E-state index is 13.4. The van der Waals surface area contributed by atoms with Gasteiger partial charge in [0, 0.05) is 11.4 Å². The van der Waals surface area contributed by atoms with Gasteiger partial charge < -0.3 is 14.4 Å². The van der Waals surface area contributed by atoms with E-state index in [0.29, 0.717) is 18.0 Å². The molecule has 0 N–H and O–H groups in total. The molecule has 144 valence electrons. The van der Waals surface area contributed by atoms with Crippen molar-refractivity contribution >= 4 is 23.5 Å². The van der Waals surface area contributed by atoms with Gasteiger partial charge in [-0.05, 0) is 61.9 Å². The van der Waals surface area contributed by atoms with Crippen molar-refractivity contribution in [2.24, 2.45) is 0 Å². The third-order valence-corrected chi connectivity index (χ3v) is 4.37. The lowest BCUT2D eigenvalue weighted by Gasteiger charge is -2.21. The highest BCUT2D eigenvalue weighted by molar-refractivity contribution is 6.30. The summed E-state index contributed by atoms with van der Waals surface area (Å²) < 4.78 is 23.6. The Bertz CT molecular complexity index is 959. The molecule has 0 saturated carbocycles. The van der Waals surface area contributed by atoms with Crippen molar-refractivity contribution in [3.8, 4) is 5.75 Å². The lowest BCUT2D eigenvalue weighted by atomic mass is 10.1. The molecule has 0 saturated heterocycles. The maximum Gasteiger partial charge on any atom is 0.343 e. The zero-order valence-electron chi connectivity index (χ0n) is 15.9. The number of ketones is 1. The van der Waals surface area contributed by atoms with Crippen molar-refractivity contribution in [2.45, 2.75) is 13.8 Å². The molecule has 0 atom stereocenters. The predicted molar refractivity (Wildman–Crippen MR) is 104 cm³/mol. The highest BCUT2D eigenvalue weighted by Gasteiger charge is 2.38. The van der Waals surface area contributed by atoms with Crippen molar-refractivity contribution in [1.29, 1.82) is 0 Å². The Labute approximate surface area is 162 Å². The van der Waals surface area contributed by atoms with Crippen molar-refractivity contribution in [2.75, 3.05) is 18.6 Å². The van der Waals surface area contributed by atoms with E-state index in [1.807, 2.05) is 19.1 Å². The van der Waals surface area contributed by atoms with Crippen LogP contribution in [0.2, 0.25) is 0 Å². The van der Waals surface area contributed by atoms with Crippen LogP contribution in [0.1, 0.15) is 19.4 Å². The second kappa shape index (κ2) is 8.08. The molecule has 0 amide bonds. The van der Waals surface area contributed by atoms with Crippen LogP contribution in [0.15, 0.2) is 65.5 Å². The van der Waals surface area contributed by atoms with Gasteiger partial charge in [-0.2, -0.15) is 0 Å². The summed E-state index contributed by atoms with van der Waals surface area (Å²) in [6.07, 6.45) is 1.68. The molecule has 0 bridgehead atoms. The zero-order valence-corrected chi connectivity index (χ0v) is 15.9. The Morgan fingerprint density at radius 1 is 1.11 bits per heavy atom. The number of esters is 1. The summed E-state index contributed by atoms with van der Waals surface area (Å²) in [6.45, 7) is 4.12. The van der Waals surface area contributed by atoms with Gasteiger partial charge in [-0.15, -0.1) is 0 Å². The summed E-state index contributed by atoms with van der Waals surface area (Å²) in [5.41, 5.74) is 2.01. The van der Waals surface area contributed by atoms with Crippen LogP contribution in [0, 0.1) is 5.82 Å². The molecule has 28 heavy (non-hydrogen) atoms. The second-order valence-corrected chi connectivity index (χ2v) is 6.12. The molecule has 2 aromatic rings. The third kappa shape index (κ3) is 3.67. The van der Waals surface area contributed by atoms with Gasteiger partial charge in [0.1, 0.15) is 17.1 Å². The number of Topliss-reactive ketones (excluding diaryl/α,β-unsaturated/α-hetero) is 1. The highest BCUT2D eigenvalue weighted by Crippen LogP contribution is 2.35. The Hall–Kier alpha value is -3.41. The average Bonchev–Trinajstić information content (AvgIpc) is 2.93. The number of hydrogen-bond acceptors (Lipinski definition) is 5. The molecule has 1 aliphatic heterocycles. The lowest BCUT2D eigenvalue weighted by Crippen LogP contribution is -2.18. The number of methoxy groups -OCH3 is 1. The lowest BCUT2D eigenvalue weighted by molar-refractivity contribution is -0.137. The Kier molecular flexibility index (Phi) is 5.59. The van der Waals surface area contributed by atoms with Gasteiger partial charge in [0.25, 0.3) is 0 Å². The van der Waals surface area contributed by atoms with Gasteiger partial charge >= 0.3 is 5.97 Å². The fourth-order valence-electron chi connectivity index (χ4n) is 3.07. The van der Waals surface area contributed by atoms with Gasteiger partial charge in [-0.25, -0.2) is 9.18 Å². The largest absolute Gasteiger partial charge is 0.494 e. The number of nitrogens with zero attached hydrogens (tertiary/aromatic N) is 1. The van der Waals surface area contributed by atoms with Crippen molar-refractivity contribution in [3.05, 3.63) is 76.9 Å². The number of carbonyl (C=O) groups is 2. The van der Waals surface area contributed by atoms with Gasteiger partial charge in [0.15, 0.2) is 0 Å². The number of anilines is 1. The molecule has 2 aromatic carbocycles. The fourth-order valence-corrected chi connectivity index (χ4v) is 3.07. The number of halogens is 1. The van der Waals surface area contributed by atoms with Gasteiger partial charge in [-0.1, -0.05) is 12.1 Å². The molecule has 0 spiro atoms. The molecule has 0 fully saturated rings. The van der Waals surface area contributed by atoms with Crippen LogP contribution in [-0.2, 0) is 14.3 Å². The van der Waals surface area contributed by atoms with E-state index >= 15 is 0 Å². The van der Waals surface area contributed by atoms with Crippen molar-refractivity contribution in [3.63, 3.8) is 0 Å². The molecular weight excluding hydrogens is 361 g/mol. The first-order valence-electron chi connectivity index (χ1n) is 8.80. The Balaban J connectivity index is 2.07. The molecule has 3 rings (SSSR count). The van der Waals surface area contributed by atoms with E-state index < -0.39 is 11.8 Å². The SMILES string of the molecule is CCOc1ccc(C=C2C(=O)C(C(=O)OC)=C(C)N2c2ccc(F)cc2)cc1. The van der Waals surface area contributed by atoms with Crippen LogP contribution in [0.4, 0.5) is 10.1 Å². The zero-order chi connectivity index (χ0) is 20.3.